The number of carbonyl (C=O) groups excluding carboxylic acids is 1. The summed E-state index contributed by atoms with van der Waals surface area (Å²) in [5, 5.41) is 0. The normalized spacial score (nSPS) is 10.8. The molecule has 1 aromatic carbocycles. The zero-order valence-corrected chi connectivity index (χ0v) is 15.3. The van der Waals surface area contributed by atoms with Gasteiger partial charge in [0.05, 0.1) is 6.54 Å². The molecule has 2 rings (SSSR count). The van der Waals surface area contributed by atoms with Crippen LogP contribution < -0.4 is 0 Å². The van der Waals surface area contributed by atoms with E-state index in [2.05, 4.69) is 61.0 Å². The molecule has 3 nitrogen and oxygen atoms in total. The minimum atomic E-state index is 0.245. The second-order valence-corrected chi connectivity index (χ2v) is 6.49. The van der Waals surface area contributed by atoms with Gasteiger partial charge in [-0.25, -0.2) is 0 Å². The molecule has 0 atom stereocenters. The van der Waals surface area contributed by atoms with Crippen molar-refractivity contribution in [2.75, 3.05) is 6.54 Å². The summed E-state index contributed by atoms with van der Waals surface area (Å²) in [4.78, 5) is 14.3. The predicted molar refractivity (Wildman–Crippen MR) is 99.9 cm³/mol. The third kappa shape index (κ3) is 5.26. The van der Waals surface area contributed by atoms with Crippen LogP contribution in [0.4, 0.5) is 0 Å². The van der Waals surface area contributed by atoms with Gasteiger partial charge in [-0.3, -0.25) is 4.79 Å². The van der Waals surface area contributed by atoms with E-state index in [-0.39, 0.29) is 5.91 Å². The molecule has 0 unspecified atom stereocenters. The first-order chi connectivity index (χ1) is 11.6. The van der Waals surface area contributed by atoms with Crippen molar-refractivity contribution in [1.29, 1.82) is 0 Å². The van der Waals surface area contributed by atoms with Gasteiger partial charge >= 0.3 is 0 Å². The second kappa shape index (κ2) is 9.31. The fraction of sp³-hybridized carbons (Fsp3) is 0.476. The molecule has 130 valence electrons. The van der Waals surface area contributed by atoms with E-state index in [9.17, 15) is 4.79 Å². The molecule has 0 N–H and O–H groups in total. The van der Waals surface area contributed by atoms with E-state index in [1.807, 2.05) is 11.8 Å². The maximum absolute atomic E-state index is 12.3. The largest absolute Gasteiger partial charge is 0.345 e. The zero-order chi connectivity index (χ0) is 17.4. The molecule has 0 aliphatic rings. The van der Waals surface area contributed by atoms with Crippen LogP contribution in [-0.2, 0) is 17.9 Å². The first-order valence-corrected chi connectivity index (χ1v) is 9.11. The van der Waals surface area contributed by atoms with Crippen LogP contribution in [-0.4, -0.2) is 21.9 Å². The minimum Gasteiger partial charge on any atom is -0.345 e. The van der Waals surface area contributed by atoms with E-state index in [0.29, 0.717) is 13.0 Å². The van der Waals surface area contributed by atoms with Gasteiger partial charge in [0.2, 0.25) is 5.91 Å². The molecule has 0 saturated carbocycles. The molecule has 0 fully saturated rings. The Balaban J connectivity index is 2.07. The van der Waals surface area contributed by atoms with Crippen molar-refractivity contribution in [3.05, 3.63) is 59.4 Å². The van der Waals surface area contributed by atoms with Gasteiger partial charge < -0.3 is 9.47 Å². The smallest absolute Gasteiger partial charge is 0.222 e. The van der Waals surface area contributed by atoms with Crippen molar-refractivity contribution in [3.8, 4) is 0 Å². The molecular weight excluding hydrogens is 296 g/mol. The van der Waals surface area contributed by atoms with Gasteiger partial charge in [0.15, 0.2) is 0 Å². The SMILES string of the molecule is CCCCCN(Cc1cccn1Cc1cccc(C)c1)C(=O)CC. The average Bonchev–Trinajstić information content (AvgIpc) is 3.00. The van der Waals surface area contributed by atoms with Crippen molar-refractivity contribution in [2.45, 2.75) is 59.5 Å². The lowest BCUT2D eigenvalue weighted by Gasteiger charge is -2.23. The van der Waals surface area contributed by atoms with Crippen LogP contribution in [0.1, 0.15) is 56.4 Å². The molecule has 1 amide bonds. The van der Waals surface area contributed by atoms with E-state index >= 15 is 0 Å². The van der Waals surface area contributed by atoms with Crippen LogP contribution in [0.3, 0.4) is 0 Å². The van der Waals surface area contributed by atoms with Crippen LogP contribution >= 0.6 is 0 Å². The Labute approximate surface area is 146 Å². The van der Waals surface area contributed by atoms with Gasteiger partial charge in [-0.2, -0.15) is 0 Å². The lowest BCUT2D eigenvalue weighted by Crippen LogP contribution is -2.31. The number of unbranched alkanes of at least 4 members (excludes halogenated alkanes) is 2. The highest BCUT2D eigenvalue weighted by Crippen LogP contribution is 2.13. The molecule has 0 aliphatic heterocycles. The zero-order valence-electron chi connectivity index (χ0n) is 15.3. The lowest BCUT2D eigenvalue weighted by molar-refractivity contribution is -0.131. The first kappa shape index (κ1) is 18.3. The first-order valence-electron chi connectivity index (χ1n) is 9.11. The summed E-state index contributed by atoms with van der Waals surface area (Å²) in [5.41, 5.74) is 3.78. The quantitative estimate of drug-likeness (QED) is 0.609. The number of aromatic nitrogens is 1. The van der Waals surface area contributed by atoms with Gasteiger partial charge in [0.25, 0.3) is 0 Å². The van der Waals surface area contributed by atoms with E-state index < -0.39 is 0 Å². The molecule has 1 aromatic heterocycles. The Kier molecular flexibility index (Phi) is 7.10. The highest BCUT2D eigenvalue weighted by atomic mass is 16.2. The van der Waals surface area contributed by atoms with Crippen molar-refractivity contribution < 1.29 is 4.79 Å². The Morgan fingerprint density at radius 2 is 1.96 bits per heavy atom. The molecule has 24 heavy (non-hydrogen) atoms. The summed E-state index contributed by atoms with van der Waals surface area (Å²) in [5.74, 6) is 0.245. The summed E-state index contributed by atoms with van der Waals surface area (Å²) < 4.78 is 2.25. The Morgan fingerprint density at radius 1 is 1.12 bits per heavy atom. The van der Waals surface area contributed by atoms with Gasteiger partial charge in [-0.1, -0.05) is 56.5 Å². The number of carbonyl (C=O) groups is 1. The molecule has 0 spiro atoms. The van der Waals surface area contributed by atoms with Gasteiger partial charge in [-0.05, 0) is 31.0 Å². The Bertz CT molecular complexity index is 645. The maximum atomic E-state index is 12.3. The van der Waals surface area contributed by atoms with Crippen molar-refractivity contribution in [3.63, 3.8) is 0 Å². The van der Waals surface area contributed by atoms with E-state index in [0.717, 1.165) is 19.5 Å². The summed E-state index contributed by atoms with van der Waals surface area (Å²) in [6.45, 7) is 8.67. The van der Waals surface area contributed by atoms with Gasteiger partial charge in [0.1, 0.15) is 0 Å². The third-order valence-electron chi connectivity index (χ3n) is 4.40. The predicted octanol–water partition coefficient (Wildman–Crippen LogP) is 4.77. The van der Waals surface area contributed by atoms with Crippen molar-refractivity contribution in [2.24, 2.45) is 0 Å². The fourth-order valence-electron chi connectivity index (χ4n) is 3.02. The Morgan fingerprint density at radius 3 is 2.67 bits per heavy atom. The minimum absolute atomic E-state index is 0.245. The second-order valence-electron chi connectivity index (χ2n) is 6.49. The molecule has 0 bridgehead atoms. The monoisotopic (exact) mass is 326 g/mol. The molecule has 2 aromatic rings. The summed E-state index contributed by atoms with van der Waals surface area (Å²) >= 11 is 0. The molecular formula is C21H30N2O. The fourth-order valence-corrected chi connectivity index (χ4v) is 3.02. The van der Waals surface area contributed by atoms with Crippen LogP contribution in [0, 0.1) is 6.92 Å². The van der Waals surface area contributed by atoms with Crippen LogP contribution in [0.15, 0.2) is 42.6 Å². The number of aryl methyl sites for hydroxylation is 1. The highest BCUT2D eigenvalue weighted by molar-refractivity contribution is 5.75. The van der Waals surface area contributed by atoms with Crippen LogP contribution in [0.25, 0.3) is 0 Å². The summed E-state index contributed by atoms with van der Waals surface area (Å²) in [6, 6.07) is 12.8. The Hall–Kier alpha value is -2.03. The number of hydrogen-bond acceptors (Lipinski definition) is 1. The van der Waals surface area contributed by atoms with Crippen LogP contribution in [0.2, 0.25) is 0 Å². The number of benzene rings is 1. The van der Waals surface area contributed by atoms with Crippen molar-refractivity contribution in [1.82, 2.24) is 9.47 Å². The molecule has 0 saturated heterocycles. The van der Waals surface area contributed by atoms with Gasteiger partial charge in [0, 0.05) is 31.4 Å². The summed E-state index contributed by atoms with van der Waals surface area (Å²) in [6.07, 6.45) is 6.12. The molecule has 3 heteroatoms. The molecule has 0 aliphatic carbocycles. The van der Waals surface area contributed by atoms with Crippen LogP contribution in [0.5, 0.6) is 0 Å². The van der Waals surface area contributed by atoms with E-state index in [1.54, 1.807) is 0 Å². The van der Waals surface area contributed by atoms with E-state index in [1.165, 1.54) is 29.7 Å². The maximum Gasteiger partial charge on any atom is 0.222 e. The lowest BCUT2D eigenvalue weighted by atomic mass is 10.1. The topological polar surface area (TPSA) is 25.2 Å². The number of nitrogens with zero attached hydrogens (tertiary/aromatic N) is 2. The van der Waals surface area contributed by atoms with Gasteiger partial charge in [-0.15, -0.1) is 0 Å². The number of hydrogen-bond donors (Lipinski definition) is 0. The average molecular weight is 326 g/mol. The molecule has 1 heterocycles. The highest BCUT2D eigenvalue weighted by Gasteiger charge is 2.13. The standard InChI is InChI=1S/C21H30N2O/c1-4-6-7-13-23(21(24)5-2)17-20-12-9-14-22(20)16-19-11-8-10-18(3)15-19/h8-12,14-15H,4-7,13,16-17H2,1-3H3. The third-order valence-corrected chi connectivity index (χ3v) is 4.40. The summed E-state index contributed by atoms with van der Waals surface area (Å²) in [7, 11) is 0. The van der Waals surface area contributed by atoms with E-state index in [4.69, 9.17) is 0 Å². The van der Waals surface area contributed by atoms with Crippen molar-refractivity contribution >= 4 is 5.91 Å². The number of amides is 1. The molecule has 0 radical (unpaired) electrons. The number of rotatable bonds is 9.